The quantitative estimate of drug-likeness (QED) is 0.708. The van der Waals surface area contributed by atoms with Crippen molar-refractivity contribution < 1.29 is 9.59 Å². The average molecular weight is 411 g/mol. The highest BCUT2D eigenvalue weighted by atomic mass is 16.2. The van der Waals surface area contributed by atoms with Crippen molar-refractivity contribution in [2.75, 3.05) is 18.4 Å². The molecule has 0 atom stereocenters. The molecule has 8 heteroatoms. The second-order valence-corrected chi connectivity index (χ2v) is 9.86. The van der Waals surface area contributed by atoms with Gasteiger partial charge in [-0.1, -0.05) is 26.0 Å². The molecule has 3 heterocycles. The number of primary amides is 1. The first-order valence-electron chi connectivity index (χ1n) is 10.3. The van der Waals surface area contributed by atoms with Crippen LogP contribution in [0, 0.1) is 0 Å². The normalized spacial score (nSPS) is 17.2. The van der Waals surface area contributed by atoms with Crippen molar-refractivity contribution in [3.8, 4) is 11.3 Å². The number of carbonyl (C=O) groups excluding carboxylic acids is 2. The first-order valence-corrected chi connectivity index (χ1v) is 10.3. The molecule has 0 unspecified atom stereocenters. The minimum Gasteiger partial charge on any atom is -0.384 e. The van der Waals surface area contributed by atoms with E-state index in [4.69, 9.17) is 10.8 Å². The Morgan fingerprint density at radius 3 is 2.63 bits per heavy atom. The van der Waals surface area contributed by atoms with Gasteiger partial charge in [-0.2, -0.15) is 5.10 Å². The summed E-state index contributed by atoms with van der Waals surface area (Å²) in [6.45, 7) is 12.4. The van der Waals surface area contributed by atoms with E-state index in [0.29, 0.717) is 36.6 Å². The van der Waals surface area contributed by atoms with Gasteiger partial charge in [-0.25, -0.2) is 4.79 Å². The molecular weight excluding hydrogens is 380 g/mol. The van der Waals surface area contributed by atoms with Crippen LogP contribution in [0.15, 0.2) is 18.2 Å². The molecule has 0 bridgehead atoms. The smallest absolute Gasteiger partial charge is 0.318 e. The Balaban J connectivity index is 1.70. The summed E-state index contributed by atoms with van der Waals surface area (Å²) in [7, 11) is 0. The summed E-state index contributed by atoms with van der Waals surface area (Å²) in [5.41, 5.74) is 10.3. The largest absolute Gasteiger partial charge is 0.384 e. The predicted octanol–water partition coefficient (Wildman–Crippen LogP) is 2.68. The van der Waals surface area contributed by atoms with Crippen molar-refractivity contribution in [1.29, 1.82) is 0 Å². The number of benzene rings is 1. The molecule has 1 aromatic heterocycles. The second-order valence-electron chi connectivity index (χ2n) is 9.86. The molecule has 0 spiro atoms. The van der Waals surface area contributed by atoms with Gasteiger partial charge < -0.3 is 21.3 Å². The van der Waals surface area contributed by atoms with Crippen LogP contribution in [0.5, 0.6) is 0 Å². The SMILES string of the molecule is CC(C)(C)NC(=O)N1CCn2nc(-c3ccc4c(c3)NCC4(C)C)c(C(N)=O)c2C1. The monoisotopic (exact) mass is 410 g/mol. The molecule has 0 aliphatic carbocycles. The van der Waals surface area contributed by atoms with Crippen LogP contribution in [0.4, 0.5) is 10.5 Å². The minimum absolute atomic E-state index is 0.0642. The molecule has 0 saturated carbocycles. The van der Waals surface area contributed by atoms with Crippen LogP contribution < -0.4 is 16.4 Å². The van der Waals surface area contributed by atoms with Crippen LogP contribution >= 0.6 is 0 Å². The maximum absolute atomic E-state index is 12.6. The Labute approximate surface area is 176 Å². The number of nitrogens with zero attached hydrogens (tertiary/aromatic N) is 3. The lowest BCUT2D eigenvalue weighted by atomic mass is 9.86. The van der Waals surface area contributed by atoms with Gasteiger partial charge in [-0.05, 0) is 32.4 Å². The summed E-state index contributed by atoms with van der Waals surface area (Å²) in [6, 6.07) is 5.97. The van der Waals surface area contributed by atoms with Crippen LogP contribution in [0.25, 0.3) is 11.3 Å². The van der Waals surface area contributed by atoms with Gasteiger partial charge in [0.2, 0.25) is 0 Å². The summed E-state index contributed by atoms with van der Waals surface area (Å²) in [5, 5.41) is 11.1. The highest BCUT2D eigenvalue weighted by Crippen LogP contribution is 2.39. The molecule has 0 fully saturated rings. The number of urea groups is 1. The number of hydrogen-bond acceptors (Lipinski definition) is 4. The van der Waals surface area contributed by atoms with Crippen molar-refractivity contribution in [2.45, 2.75) is 58.7 Å². The summed E-state index contributed by atoms with van der Waals surface area (Å²) in [6.07, 6.45) is 0. The van der Waals surface area contributed by atoms with Gasteiger partial charge >= 0.3 is 6.03 Å². The van der Waals surface area contributed by atoms with E-state index < -0.39 is 5.91 Å². The van der Waals surface area contributed by atoms with Crippen LogP contribution in [0.3, 0.4) is 0 Å². The zero-order valence-electron chi connectivity index (χ0n) is 18.3. The van der Waals surface area contributed by atoms with E-state index >= 15 is 0 Å². The van der Waals surface area contributed by atoms with Gasteiger partial charge in [-0.15, -0.1) is 0 Å². The third-order valence-corrected chi connectivity index (χ3v) is 5.74. The molecule has 1 aromatic carbocycles. The molecule has 4 N–H and O–H groups in total. The third-order valence-electron chi connectivity index (χ3n) is 5.74. The van der Waals surface area contributed by atoms with Gasteiger partial charge in [-0.3, -0.25) is 9.48 Å². The third kappa shape index (κ3) is 3.51. The van der Waals surface area contributed by atoms with Crippen LogP contribution in [0.1, 0.15) is 56.2 Å². The highest BCUT2D eigenvalue weighted by molar-refractivity contribution is 6.00. The zero-order valence-corrected chi connectivity index (χ0v) is 18.3. The molecule has 2 aromatic rings. The fourth-order valence-electron chi connectivity index (χ4n) is 4.19. The number of hydrogen-bond donors (Lipinski definition) is 3. The first-order chi connectivity index (χ1) is 14.0. The lowest BCUT2D eigenvalue weighted by Crippen LogP contribution is -2.50. The summed E-state index contributed by atoms with van der Waals surface area (Å²) in [5.74, 6) is -0.530. The van der Waals surface area contributed by atoms with E-state index in [1.807, 2.05) is 32.9 Å². The Morgan fingerprint density at radius 1 is 1.23 bits per heavy atom. The minimum atomic E-state index is -0.530. The van der Waals surface area contributed by atoms with Crippen molar-refractivity contribution in [3.63, 3.8) is 0 Å². The lowest BCUT2D eigenvalue weighted by molar-refractivity contribution is 0.0997. The van der Waals surface area contributed by atoms with Gasteiger partial charge in [0.25, 0.3) is 5.91 Å². The molecule has 2 aliphatic rings. The first kappa shape index (κ1) is 20.3. The Kier molecular flexibility index (Phi) is 4.56. The van der Waals surface area contributed by atoms with E-state index in [1.54, 1.807) is 9.58 Å². The number of aromatic nitrogens is 2. The molecule has 30 heavy (non-hydrogen) atoms. The van der Waals surface area contributed by atoms with E-state index in [2.05, 4.69) is 30.5 Å². The van der Waals surface area contributed by atoms with E-state index in [1.165, 1.54) is 5.56 Å². The fraction of sp³-hybridized carbons (Fsp3) is 0.500. The maximum Gasteiger partial charge on any atom is 0.318 e. The topological polar surface area (TPSA) is 105 Å². The van der Waals surface area contributed by atoms with Gasteiger partial charge in [0.05, 0.1) is 24.3 Å². The number of rotatable bonds is 2. The predicted molar refractivity (Wildman–Crippen MR) is 116 cm³/mol. The van der Waals surface area contributed by atoms with Crippen LogP contribution in [-0.4, -0.2) is 45.2 Å². The number of fused-ring (bicyclic) bond motifs is 2. The van der Waals surface area contributed by atoms with Crippen molar-refractivity contribution >= 4 is 17.6 Å². The highest BCUT2D eigenvalue weighted by Gasteiger charge is 2.33. The second kappa shape index (κ2) is 6.75. The number of anilines is 1. The Hall–Kier alpha value is -3.03. The van der Waals surface area contributed by atoms with E-state index in [9.17, 15) is 9.59 Å². The maximum atomic E-state index is 12.6. The fourth-order valence-corrected chi connectivity index (χ4v) is 4.19. The lowest BCUT2D eigenvalue weighted by Gasteiger charge is -2.31. The van der Waals surface area contributed by atoms with Crippen molar-refractivity contribution in [1.82, 2.24) is 20.0 Å². The Morgan fingerprint density at radius 2 is 1.97 bits per heavy atom. The summed E-state index contributed by atoms with van der Waals surface area (Å²) >= 11 is 0. The van der Waals surface area contributed by atoms with Gasteiger partial charge in [0, 0.05) is 35.3 Å². The molecule has 0 saturated heterocycles. The summed E-state index contributed by atoms with van der Waals surface area (Å²) in [4.78, 5) is 26.7. The Bertz CT molecular complexity index is 1030. The van der Waals surface area contributed by atoms with Crippen molar-refractivity contribution in [2.24, 2.45) is 5.73 Å². The van der Waals surface area contributed by atoms with Gasteiger partial charge in [0.1, 0.15) is 5.69 Å². The molecule has 4 rings (SSSR count). The average Bonchev–Trinajstić information content (AvgIpc) is 3.17. The van der Waals surface area contributed by atoms with E-state index in [0.717, 1.165) is 17.8 Å². The number of nitrogens with two attached hydrogens (primary N) is 1. The molecule has 3 amide bonds. The van der Waals surface area contributed by atoms with Crippen LogP contribution in [-0.2, 0) is 18.5 Å². The van der Waals surface area contributed by atoms with Crippen molar-refractivity contribution in [3.05, 3.63) is 35.0 Å². The molecule has 8 nitrogen and oxygen atoms in total. The number of carbonyl (C=O) groups is 2. The molecule has 0 radical (unpaired) electrons. The summed E-state index contributed by atoms with van der Waals surface area (Å²) < 4.78 is 1.81. The standard InChI is InChI=1S/C22H30N6O2/c1-21(2,3)25-20(30)27-8-9-28-16(11-27)17(19(23)29)18(26-28)13-6-7-14-15(10-13)24-12-22(14,4)5/h6-7,10,24H,8-9,11-12H2,1-5H3,(H2,23,29)(H,25,30). The molecule has 160 valence electrons. The number of amides is 3. The van der Waals surface area contributed by atoms with Crippen LogP contribution in [0.2, 0.25) is 0 Å². The number of nitrogens with one attached hydrogen (secondary N) is 2. The van der Waals surface area contributed by atoms with Gasteiger partial charge in [0.15, 0.2) is 0 Å². The molecular formula is C22H30N6O2. The van der Waals surface area contributed by atoms with E-state index in [-0.39, 0.29) is 17.0 Å². The molecule has 2 aliphatic heterocycles. The zero-order chi connectivity index (χ0) is 21.8.